The van der Waals surface area contributed by atoms with E-state index in [-0.39, 0.29) is 5.56 Å². The Balaban J connectivity index is 2.50. The Morgan fingerprint density at radius 3 is 2.61 bits per heavy atom. The Hall–Kier alpha value is -2.36. The lowest BCUT2D eigenvalue weighted by molar-refractivity contribution is 0.0697. The first kappa shape index (κ1) is 12.1. The van der Waals surface area contributed by atoms with Gasteiger partial charge in [-0.15, -0.1) is 0 Å². The van der Waals surface area contributed by atoms with E-state index < -0.39 is 5.97 Å². The highest BCUT2D eigenvalue weighted by Crippen LogP contribution is 2.28. The Bertz CT molecular complexity index is 582. The van der Waals surface area contributed by atoms with Crippen molar-refractivity contribution in [2.75, 3.05) is 11.9 Å². The van der Waals surface area contributed by atoms with Crippen LogP contribution in [0.25, 0.3) is 0 Å². The van der Waals surface area contributed by atoms with Crippen LogP contribution in [0.15, 0.2) is 42.7 Å². The van der Waals surface area contributed by atoms with Crippen LogP contribution in [0.3, 0.4) is 0 Å². The van der Waals surface area contributed by atoms with Crippen molar-refractivity contribution >= 4 is 17.3 Å². The lowest BCUT2D eigenvalue weighted by atomic mass is 10.1. The van der Waals surface area contributed by atoms with Gasteiger partial charge in [-0.3, -0.25) is 4.98 Å². The fourth-order valence-electron chi connectivity index (χ4n) is 1.91. The average Bonchev–Trinajstić information content (AvgIpc) is 2.38. The van der Waals surface area contributed by atoms with E-state index in [1.807, 2.05) is 43.1 Å². The van der Waals surface area contributed by atoms with E-state index in [1.54, 1.807) is 12.3 Å². The number of hydrogen-bond acceptors (Lipinski definition) is 3. The second-order valence-corrected chi connectivity index (χ2v) is 4.04. The summed E-state index contributed by atoms with van der Waals surface area (Å²) in [4.78, 5) is 16.9. The zero-order valence-electron chi connectivity index (χ0n) is 10.3. The third-order valence-electron chi connectivity index (χ3n) is 2.87. The van der Waals surface area contributed by atoms with E-state index in [9.17, 15) is 4.79 Å². The maximum Gasteiger partial charge on any atom is 0.339 e. The zero-order valence-corrected chi connectivity index (χ0v) is 10.3. The van der Waals surface area contributed by atoms with Gasteiger partial charge in [0, 0.05) is 25.1 Å². The molecular formula is C14H14N2O2. The lowest BCUT2D eigenvalue weighted by Gasteiger charge is -2.22. The maximum absolute atomic E-state index is 11.2. The number of benzene rings is 1. The number of aryl methyl sites for hydroxylation is 1. The molecular weight excluding hydrogens is 228 g/mol. The molecule has 0 aliphatic carbocycles. The molecule has 4 heteroatoms. The molecule has 0 unspecified atom stereocenters. The van der Waals surface area contributed by atoms with Crippen LogP contribution in [0, 0.1) is 6.92 Å². The quantitative estimate of drug-likeness (QED) is 0.899. The minimum atomic E-state index is -0.974. The summed E-state index contributed by atoms with van der Waals surface area (Å²) in [5, 5.41) is 9.16. The van der Waals surface area contributed by atoms with Gasteiger partial charge in [0.1, 0.15) is 5.56 Å². The standard InChI is InChI=1S/C14H14N2O2/c1-10-5-3-4-6-12(10)16(2)13-7-8-15-9-11(13)14(17)18/h3-9H,1-2H3,(H,17,18). The van der Waals surface area contributed by atoms with Crippen molar-refractivity contribution in [3.63, 3.8) is 0 Å². The highest BCUT2D eigenvalue weighted by atomic mass is 16.4. The van der Waals surface area contributed by atoms with Gasteiger partial charge in [-0.2, -0.15) is 0 Å². The smallest absolute Gasteiger partial charge is 0.339 e. The van der Waals surface area contributed by atoms with Crippen molar-refractivity contribution in [3.8, 4) is 0 Å². The third-order valence-corrected chi connectivity index (χ3v) is 2.87. The monoisotopic (exact) mass is 242 g/mol. The molecule has 92 valence electrons. The van der Waals surface area contributed by atoms with Crippen molar-refractivity contribution in [2.45, 2.75) is 6.92 Å². The number of pyridine rings is 1. The topological polar surface area (TPSA) is 53.4 Å². The van der Waals surface area contributed by atoms with E-state index >= 15 is 0 Å². The van der Waals surface area contributed by atoms with Crippen molar-refractivity contribution in [3.05, 3.63) is 53.9 Å². The fourth-order valence-corrected chi connectivity index (χ4v) is 1.91. The van der Waals surface area contributed by atoms with Gasteiger partial charge in [0.15, 0.2) is 0 Å². The van der Waals surface area contributed by atoms with Crippen LogP contribution >= 0.6 is 0 Å². The van der Waals surface area contributed by atoms with Gasteiger partial charge in [0.2, 0.25) is 0 Å². The molecule has 1 aromatic heterocycles. The molecule has 0 amide bonds. The van der Waals surface area contributed by atoms with Gasteiger partial charge in [0.05, 0.1) is 5.69 Å². The first-order chi connectivity index (χ1) is 8.61. The normalized spacial score (nSPS) is 10.1. The summed E-state index contributed by atoms with van der Waals surface area (Å²) in [6.07, 6.45) is 2.96. The van der Waals surface area contributed by atoms with Crippen LogP contribution in [0.4, 0.5) is 11.4 Å². The lowest BCUT2D eigenvalue weighted by Crippen LogP contribution is -2.15. The molecule has 1 heterocycles. The number of anilines is 2. The van der Waals surface area contributed by atoms with Crippen LogP contribution in [-0.2, 0) is 0 Å². The number of nitrogens with zero attached hydrogens (tertiary/aromatic N) is 2. The Morgan fingerprint density at radius 1 is 1.22 bits per heavy atom. The molecule has 0 bridgehead atoms. The highest BCUT2D eigenvalue weighted by Gasteiger charge is 2.15. The van der Waals surface area contributed by atoms with Crippen LogP contribution in [0.2, 0.25) is 0 Å². The predicted molar refractivity (Wildman–Crippen MR) is 70.4 cm³/mol. The van der Waals surface area contributed by atoms with E-state index in [0.717, 1.165) is 11.3 Å². The number of rotatable bonds is 3. The van der Waals surface area contributed by atoms with Crippen LogP contribution in [0.5, 0.6) is 0 Å². The number of carbonyl (C=O) groups is 1. The Kier molecular flexibility index (Phi) is 3.28. The third kappa shape index (κ3) is 2.18. The largest absolute Gasteiger partial charge is 0.478 e. The van der Waals surface area contributed by atoms with Gasteiger partial charge in [0.25, 0.3) is 0 Å². The van der Waals surface area contributed by atoms with Crippen molar-refractivity contribution < 1.29 is 9.90 Å². The van der Waals surface area contributed by atoms with E-state index in [1.165, 1.54) is 6.20 Å². The maximum atomic E-state index is 11.2. The molecule has 1 N–H and O–H groups in total. The molecule has 4 nitrogen and oxygen atoms in total. The van der Waals surface area contributed by atoms with Crippen molar-refractivity contribution in [1.82, 2.24) is 4.98 Å². The van der Waals surface area contributed by atoms with E-state index in [2.05, 4.69) is 4.98 Å². The number of hydrogen-bond donors (Lipinski definition) is 1. The number of aromatic carboxylic acids is 1. The van der Waals surface area contributed by atoms with Gasteiger partial charge in [-0.05, 0) is 24.6 Å². The Labute approximate surface area is 106 Å². The second kappa shape index (κ2) is 4.87. The summed E-state index contributed by atoms with van der Waals surface area (Å²) >= 11 is 0. The van der Waals surface area contributed by atoms with Crippen molar-refractivity contribution in [1.29, 1.82) is 0 Å². The summed E-state index contributed by atoms with van der Waals surface area (Å²) in [7, 11) is 1.85. The molecule has 0 aliphatic heterocycles. The molecule has 0 spiro atoms. The van der Waals surface area contributed by atoms with Gasteiger partial charge < -0.3 is 10.0 Å². The van der Waals surface area contributed by atoms with Crippen LogP contribution < -0.4 is 4.90 Å². The Morgan fingerprint density at radius 2 is 1.94 bits per heavy atom. The number of carboxylic acids is 1. The van der Waals surface area contributed by atoms with Gasteiger partial charge in [-0.1, -0.05) is 18.2 Å². The molecule has 0 atom stereocenters. The zero-order chi connectivity index (χ0) is 13.1. The highest BCUT2D eigenvalue weighted by molar-refractivity contribution is 5.95. The first-order valence-corrected chi connectivity index (χ1v) is 5.58. The molecule has 18 heavy (non-hydrogen) atoms. The molecule has 2 rings (SSSR count). The summed E-state index contributed by atoms with van der Waals surface area (Å²) in [5.74, 6) is -0.974. The minimum Gasteiger partial charge on any atom is -0.478 e. The van der Waals surface area contributed by atoms with Gasteiger partial charge >= 0.3 is 5.97 Å². The summed E-state index contributed by atoms with van der Waals surface area (Å²) < 4.78 is 0. The number of aromatic nitrogens is 1. The van der Waals surface area contributed by atoms with E-state index in [4.69, 9.17) is 5.11 Å². The minimum absolute atomic E-state index is 0.197. The molecule has 2 aromatic rings. The summed E-state index contributed by atoms with van der Waals surface area (Å²) in [6, 6.07) is 9.54. The van der Waals surface area contributed by atoms with Gasteiger partial charge in [-0.25, -0.2) is 4.79 Å². The molecule has 0 fully saturated rings. The molecule has 0 saturated heterocycles. The summed E-state index contributed by atoms with van der Waals surface area (Å²) in [6.45, 7) is 1.99. The number of carboxylic acid groups (broad SMARTS) is 1. The van der Waals surface area contributed by atoms with Crippen molar-refractivity contribution in [2.24, 2.45) is 0 Å². The second-order valence-electron chi connectivity index (χ2n) is 4.04. The fraction of sp³-hybridized carbons (Fsp3) is 0.143. The molecule has 1 aromatic carbocycles. The van der Waals surface area contributed by atoms with E-state index in [0.29, 0.717) is 5.69 Å². The van der Waals surface area contributed by atoms with Crippen LogP contribution in [-0.4, -0.2) is 23.1 Å². The molecule has 0 radical (unpaired) electrons. The molecule has 0 saturated carbocycles. The predicted octanol–water partition coefficient (Wildman–Crippen LogP) is 2.86. The SMILES string of the molecule is Cc1ccccc1N(C)c1ccncc1C(=O)O. The first-order valence-electron chi connectivity index (χ1n) is 5.58. The number of para-hydroxylation sites is 1. The average molecular weight is 242 g/mol. The molecule has 0 aliphatic rings. The van der Waals surface area contributed by atoms with Crippen LogP contribution in [0.1, 0.15) is 15.9 Å². The summed E-state index contributed by atoms with van der Waals surface area (Å²) in [5.41, 5.74) is 2.90.